The third-order valence-corrected chi connectivity index (χ3v) is 4.74. The van der Waals surface area contributed by atoms with E-state index in [0.29, 0.717) is 12.8 Å². The molecule has 146 valence electrons. The summed E-state index contributed by atoms with van der Waals surface area (Å²) in [6.45, 7) is 1.86. The van der Waals surface area contributed by atoms with Crippen LogP contribution in [0.4, 0.5) is 4.79 Å². The number of amides is 2. The normalized spacial score (nSPS) is 19.2. The Bertz CT molecular complexity index is 821. The van der Waals surface area contributed by atoms with Gasteiger partial charge >= 0.3 is 12.1 Å². The van der Waals surface area contributed by atoms with Gasteiger partial charge in [-0.1, -0.05) is 67.6 Å². The van der Waals surface area contributed by atoms with Crippen LogP contribution in [0.1, 0.15) is 30.9 Å². The van der Waals surface area contributed by atoms with Gasteiger partial charge in [-0.3, -0.25) is 4.79 Å². The maximum Gasteiger partial charge on any atom is 0.417 e. The van der Waals surface area contributed by atoms with Gasteiger partial charge in [0.05, 0.1) is 0 Å². The number of piperidine rings is 1. The standard InChI is InChI=1S/C22H23NO5/c1-16-12-13-19(21(25)27-14-17-8-4-2-5-9-17)23(20(16)24)22(26)28-15-18-10-6-3-7-11-18/h2-11,16,19H,12-15H2,1H3/t16?,19-/m0/s1. The van der Waals surface area contributed by atoms with E-state index in [1.54, 1.807) is 6.92 Å². The number of benzene rings is 2. The average molecular weight is 381 g/mol. The number of hydrogen-bond donors (Lipinski definition) is 0. The Hall–Kier alpha value is -3.15. The highest BCUT2D eigenvalue weighted by Gasteiger charge is 2.42. The van der Waals surface area contributed by atoms with Crippen molar-refractivity contribution in [2.45, 2.75) is 39.0 Å². The quantitative estimate of drug-likeness (QED) is 0.739. The Morgan fingerprint density at radius 2 is 1.43 bits per heavy atom. The Morgan fingerprint density at radius 1 is 0.893 bits per heavy atom. The van der Waals surface area contributed by atoms with Gasteiger partial charge in [0.15, 0.2) is 0 Å². The molecule has 3 rings (SSSR count). The van der Waals surface area contributed by atoms with Gasteiger partial charge in [-0.15, -0.1) is 0 Å². The van der Waals surface area contributed by atoms with Crippen LogP contribution in [0, 0.1) is 5.92 Å². The van der Waals surface area contributed by atoms with Gasteiger partial charge in [0.25, 0.3) is 0 Å². The fraction of sp³-hybridized carbons (Fsp3) is 0.318. The van der Waals surface area contributed by atoms with Crippen molar-refractivity contribution in [3.05, 3.63) is 71.8 Å². The Labute approximate surface area is 164 Å². The maximum absolute atomic E-state index is 12.6. The van der Waals surface area contributed by atoms with Gasteiger partial charge in [0.1, 0.15) is 19.3 Å². The third-order valence-electron chi connectivity index (χ3n) is 4.74. The molecule has 0 saturated carbocycles. The van der Waals surface area contributed by atoms with Gasteiger partial charge in [0, 0.05) is 5.92 Å². The molecule has 2 aromatic carbocycles. The lowest BCUT2D eigenvalue weighted by molar-refractivity contribution is -0.159. The summed E-state index contributed by atoms with van der Waals surface area (Å²) in [5.74, 6) is -1.35. The predicted molar refractivity (Wildman–Crippen MR) is 102 cm³/mol. The molecule has 0 aromatic heterocycles. The second-order valence-corrected chi connectivity index (χ2v) is 6.84. The largest absolute Gasteiger partial charge is 0.459 e. The molecule has 0 bridgehead atoms. The molecule has 1 fully saturated rings. The van der Waals surface area contributed by atoms with Crippen molar-refractivity contribution in [3.8, 4) is 0 Å². The number of likely N-dealkylation sites (tertiary alicyclic amines) is 1. The summed E-state index contributed by atoms with van der Waals surface area (Å²) < 4.78 is 10.6. The van der Waals surface area contributed by atoms with Crippen LogP contribution in [-0.4, -0.2) is 28.9 Å². The lowest BCUT2D eigenvalue weighted by atomic mass is 9.93. The second-order valence-electron chi connectivity index (χ2n) is 6.84. The molecule has 1 unspecified atom stereocenters. The SMILES string of the molecule is CC1CC[C@@H](C(=O)OCc2ccccc2)N(C(=O)OCc2ccccc2)C1=O. The summed E-state index contributed by atoms with van der Waals surface area (Å²) in [6.07, 6.45) is 0.0648. The summed E-state index contributed by atoms with van der Waals surface area (Å²) >= 11 is 0. The molecule has 1 saturated heterocycles. The highest BCUT2D eigenvalue weighted by molar-refractivity contribution is 5.98. The van der Waals surface area contributed by atoms with Crippen molar-refractivity contribution in [1.29, 1.82) is 0 Å². The molecule has 0 aliphatic carbocycles. The number of imide groups is 1. The predicted octanol–water partition coefficient (Wildman–Crippen LogP) is 3.69. The minimum Gasteiger partial charge on any atom is -0.459 e. The molecule has 0 radical (unpaired) electrons. The fourth-order valence-electron chi connectivity index (χ4n) is 3.11. The number of hydrogen-bond acceptors (Lipinski definition) is 5. The molecule has 6 heteroatoms. The van der Waals surface area contributed by atoms with Crippen LogP contribution in [0.2, 0.25) is 0 Å². The molecule has 2 atom stereocenters. The Kier molecular flexibility index (Phi) is 6.42. The maximum atomic E-state index is 12.6. The zero-order valence-corrected chi connectivity index (χ0v) is 15.7. The highest BCUT2D eigenvalue weighted by atomic mass is 16.6. The topological polar surface area (TPSA) is 72.9 Å². The molecular weight excluding hydrogens is 358 g/mol. The van der Waals surface area contributed by atoms with Crippen molar-refractivity contribution >= 4 is 18.0 Å². The molecule has 1 aliphatic rings. The van der Waals surface area contributed by atoms with E-state index in [1.807, 2.05) is 60.7 Å². The molecule has 2 aromatic rings. The number of esters is 1. The molecule has 2 amide bonds. The highest BCUT2D eigenvalue weighted by Crippen LogP contribution is 2.25. The van der Waals surface area contributed by atoms with Crippen LogP contribution in [0.25, 0.3) is 0 Å². The minimum absolute atomic E-state index is 0.0314. The fourth-order valence-corrected chi connectivity index (χ4v) is 3.11. The van der Waals surface area contributed by atoms with Crippen LogP contribution < -0.4 is 0 Å². The minimum atomic E-state index is -0.962. The zero-order valence-electron chi connectivity index (χ0n) is 15.7. The molecule has 1 aliphatic heterocycles. The van der Waals surface area contributed by atoms with E-state index in [-0.39, 0.29) is 19.1 Å². The lowest BCUT2D eigenvalue weighted by Gasteiger charge is -2.34. The second kappa shape index (κ2) is 9.17. The van der Waals surface area contributed by atoms with Crippen LogP contribution in [0.3, 0.4) is 0 Å². The van der Waals surface area contributed by atoms with Crippen molar-refractivity contribution < 1.29 is 23.9 Å². The van der Waals surface area contributed by atoms with Crippen LogP contribution in [0.15, 0.2) is 60.7 Å². The van der Waals surface area contributed by atoms with Crippen molar-refractivity contribution in [2.75, 3.05) is 0 Å². The van der Waals surface area contributed by atoms with E-state index >= 15 is 0 Å². The summed E-state index contributed by atoms with van der Waals surface area (Å²) in [5.41, 5.74) is 1.64. The van der Waals surface area contributed by atoms with E-state index in [4.69, 9.17) is 9.47 Å². The number of carbonyl (C=O) groups excluding carboxylic acids is 3. The van der Waals surface area contributed by atoms with E-state index in [9.17, 15) is 14.4 Å². The Balaban J connectivity index is 1.66. The first-order chi connectivity index (χ1) is 13.6. The number of ether oxygens (including phenoxy) is 2. The van der Waals surface area contributed by atoms with E-state index < -0.39 is 24.0 Å². The summed E-state index contributed by atoms with van der Waals surface area (Å²) in [4.78, 5) is 38.7. The number of rotatable bonds is 5. The first-order valence-corrected chi connectivity index (χ1v) is 9.30. The van der Waals surface area contributed by atoms with E-state index in [0.717, 1.165) is 16.0 Å². The van der Waals surface area contributed by atoms with Crippen LogP contribution >= 0.6 is 0 Å². The Morgan fingerprint density at radius 3 is 2.00 bits per heavy atom. The zero-order chi connectivity index (χ0) is 19.9. The molecule has 28 heavy (non-hydrogen) atoms. The molecule has 0 N–H and O–H groups in total. The summed E-state index contributed by atoms with van der Waals surface area (Å²) in [6, 6.07) is 17.5. The van der Waals surface area contributed by atoms with E-state index in [1.165, 1.54) is 0 Å². The first-order valence-electron chi connectivity index (χ1n) is 9.30. The monoisotopic (exact) mass is 381 g/mol. The van der Waals surface area contributed by atoms with Crippen molar-refractivity contribution in [1.82, 2.24) is 4.90 Å². The smallest absolute Gasteiger partial charge is 0.417 e. The summed E-state index contributed by atoms with van der Waals surface area (Å²) in [5, 5.41) is 0. The third kappa shape index (κ3) is 4.76. The summed E-state index contributed by atoms with van der Waals surface area (Å²) in [7, 11) is 0. The first kappa shape index (κ1) is 19.6. The lowest BCUT2D eigenvalue weighted by Crippen LogP contribution is -2.54. The van der Waals surface area contributed by atoms with Gasteiger partial charge in [-0.2, -0.15) is 0 Å². The van der Waals surface area contributed by atoms with E-state index in [2.05, 4.69) is 0 Å². The molecule has 1 heterocycles. The van der Waals surface area contributed by atoms with Gasteiger partial charge < -0.3 is 9.47 Å². The number of carbonyl (C=O) groups is 3. The molecule has 6 nitrogen and oxygen atoms in total. The van der Waals surface area contributed by atoms with Crippen molar-refractivity contribution in [3.63, 3.8) is 0 Å². The van der Waals surface area contributed by atoms with Gasteiger partial charge in [-0.05, 0) is 24.0 Å². The average Bonchev–Trinajstić information content (AvgIpc) is 2.73. The number of nitrogens with zero attached hydrogens (tertiary/aromatic N) is 1. The van der Waals surface area contributed by atoms with Crippen LogP contribution in [0.5, 0.6) is 0 Å². The van der Waals surface area contributed by atoms with Gasteiger partial charge in [0.2, 0.25) is 5.91 Å². The van der Waals surface area contributed by atoms with Gasteiger partial charge in [-0.25, -0.2) is 14.5 Å². The van der Waals surface area contributed by atoms with Crippen LogP contribution in [-0.2, 0) is 32.3 Å². The molecule has 0 spiro atoms. The van der Waals surface area contributed by atoms with Crippen molar-refractivity contribution in [2.24, 2.45) is 5.92 Å². The molecular formula is C22H23NO5.